The average Bonchev–Trinajstić information content (AvgIpc) is 2.57. The standard InChI is InChI=1S/C18H17N3O2/c1-14(2)18(23-16-11-7-4-8-12-16)20-13-19-17(21-18)22-15-9-5-3-6-10-15/h3-13H,1H2,2H3,(H,19,20,21). The summed E-state index contributed by atoms with van der Waals surface area (Å²) in [5.41, 5.74) is 0.647. The molecule has 5 heteroatoms. The molecule has 1 aliphatic rings. The fourth-order valence-corrected chi connectivity index (χ4v) is 2.02. The Labute approximate surface area is 135 Å². The minimum Gasteiger partial charge on any atom is -0.443 e. The molecule has 0 bridgehead atoms. The highest BCUT2D eigenvalue weighted by Crippen LogP contribution is 2.28. The van der Waals surface area contributed by atoms with Crippen molar-refractivity contribution in [3.8, 4) is 11.5 Å². The quantitative estimate of drug-likeness (QED) is 0.881. The number of nitrogens with zero attached hydrogens (tertiary/aromatic N) is 2. The molecular weight excluding hydrogens is 290 g/mol. The molecule has 1 unspecified atom stereocenters. The lowest BCUT2D eigenvalue weighted by Crippen LogP contribution is -2.43. The largest absolute Gasteiger partial charge is 0.443 e. The lowest BCUT2D eigenvalue weighted by atomic mass is 10.2. The van der Waals surface area contributed by atoms with Gasteiger partial charge in [0.2, 0.25) is 0 Å². The van der Waals surface area contributed by atoms with Crippen LogP contribution in [0.2, 0.25) is 0 Å². The van der Waals surface area contributed by atoms with Gasteiger partial charge in [-0.2, -0.15) is 4.99 Å². The van der Waals surface area contributed by atoms with Crippen molar-refractivity contribution in [1.29, 1.82) is 0 Å². The molecular formula is C18H17N3O2. The summed E-state index contributed by atoms with van der Waals surface area (Å²) in [6.45, 7) is 5.77. The molecule has 2 aromatic rings. The third kappa shape index (κ3) is 3.40. The van der Waals surface area contributed by atoms with E-state index in [0.717, 1.165) is 0 Å². The van der Waals surface area contributed by atoms with Crippen LogP contribution in [0.3, 0.4) is 0 Å². The second-order valence-corrected chi connectivity index (χ2v) is 5.04. The molecule has 0 amide bonds. The van der Waals surface area contributed by atoms with Gasteiger partial charge in [0.05, 0.1) is 6.34 Å². The Hall–Kier alpha value is -3.08. The summed E-state index contributed by atoms with van der Waals surface area (Å²) in [7, 11) is 0. The SMILES string of the molecule is C=C(C)C1(Oc2ccccc2)N=CNC(Oc2ccccc2)=N1. The van der Waals surface area contributed by atoms with Gasteiger partial charge in [-0.05, 0) is 31.2 Å². The van der Waals surface area contributed by atoms with Gasteiger partial charge in [0.15, 0.2) is 0 Å². The van der Waals surface area contributed by atoms with E-state index >= 15 is 0 Å². The van der Waals surface area contributed by atoms with Gasteiger partial charge in [0.1, 0.15) is 11.5 Å². The fraction of sp³-hybridized carbons (Fsp3) is 0.111. The minimum absolute atomic E-state index is 0.296. The van der Waals surface area contributed by atoms with Gasteiger partial charge >= 0.3 is 11.9 Å². The van der Waals surface area contributed by atoms with Crippen molar-refractivity contribution in [3.05, 3.63) is 72.8 Å². The van der Waals surface area contributed by atoms with Crippen LogP contribution in [0.15, 0.2) is 82.8 Å². The zero-order chi connectivity index (χ0) is 16.1. The lowest BCUT2D eigenvalue weighted by Gasteiger charge is -2.29. The van der Waals surface area contributed by atoms with E-state index in [9.17, 15) is 0 Å². The average molecular weight is 307 g/mol. The first-order chi connectivity index (χ1) is 11.2. The number of nitrogens with one attached hydrogen (secondary N) is 1. The normalized spacial score (nSPS) is 19.4. The Kier molecular flexibility index (Phi) is 4.10. The first-order valence-electron chi connectivity index (χ1n) is 7.21. The lowest BCUT2D eigenvalue weighted by molar-refractivity contribution is 0.123. The van der Waals surface area contributed by atoms with Crippen LogP contribution in [0, 0.1) is 0 Å². The predicted molar refractivity (Wildman–Crippen MR) is 90.7 cm³/mol. The summed E-state index contributed by atoms with van der Waals surface area (Å²) >= 11 is 0. The molecule has 0 fully saturated rings. The third-order valence-corrected chi connectivity index (χ3v) is 3.20. The molecule has 1 heterocycles. The Morgan fingerprint density at radius 1 is 1.00 bits per heavy atom. The van der Waals surface area contributed by atoms with Gasteiger partial charge in [0, 0.05) is 5.57 Å². The first-order valence-corrected chi connectivity index (χ1v) is 7.21. The van der Waals surface area contributed by atoms with Crippen LogP contribution in [0.5, 0.6) is 11.5 Å². The zero-order valence-electron chi connectivity index (χ0n) is 12.8. The van der Waals surface area contributed by atoms with Gasteiger partial charge in [-0.15, -0.1) is 0 Å². The molecule has 5 nitrogen and oxygen atoms in total. The van der Waals surface area contributed by atoms with Crippen LogP contribution in [0.25, 0.3) is 0 Å². The molecule has 2 aromatic carbocycles. The molecule has 116 valence electrons. The molecule has 0 spiro atoms. The predicted octanol–water partition coefficient (Wildman–Crippen LogP) is 3.36. The summed E-state index contributed by atoms with van der Waals surface area (Å²) in [6.07, 6.45) is 1.50. The van der Waals surface area contributed by atoms with Crippen LogP contribution >= 0.6 is 0 Å². The highest BCUT2D eigenvalue weighted by Gasteiger charge is 2.35. The van der Waals surface area contributed by atoms with E-state index in [2.05, 4.69) is 21.9 Å². The van der Waals surface area contributed by atoms with E-state index in [1.165, 1.54) is 6.34 Å². The maximum Gasteiger partial charge on any atom is 0.327 e. The maximum atomic E-state index is 5.97. The van der Waals surface area contributed by atoms with Gasteiger partial charge in [-0.1, -0.05) is 43.0 Å². The van der Waals surface area contributed by atoms with Crippen LogP contribution in [0.4, 0.5) is 0 Å². The van der Waals surface area contributed by atoms with Crippen LogP contribution in [-0.2, 0) is 0 Å². The van der Waals surface area contributed by atoms with E-state index in [1.54, 1.807) is 0 Å². The highest BCUT2D eigenvalue weighted by molar-refractivity contribution is 5.89. The summed E-state index contributed by atoms with van der Waals surface area (Å²) < 4.78 is 11.7. The first kappa shape index (κ1) is 14.8. The van der Waals surface area contributed by atoms with Gasteiger partial charge in [-0.3, -0.25) is 0 Å². The summed E-state index contributed by atoms with van der Waals surface area (Å²) in [6, 6.07) is 19.1. The number of hydrogen-bond donors (Lipinski definition) is 1. The van der Waals surface area contributed by atoms with Crippen molar-refractivity contribution in [2.45, 2.75) is 12.8 Å². The Morgan fingerprint density at radius 3 is 2.22 bits per heavy atom. The number of ether oxygens (including phenoxy) is 2. The van der Waals surface area contributed by atoms with E-state index < -0.39 is 5.85 Å². The molecule has 0 aliphatic carbocycles. The zero-order valence-corrected chi connectivity index (χ0v) is 12.8. The second kappa shape index (κ2) is 6.36. The molecule has 1 N–H and O–H groups in total. The number of aliphatic imine (C=N–C) groups is 2. The topological polar surface area (TPSA) is 55.2 Å². The number of benzene rings is 2. The summed E-state index contributed by atoms with van der Waals surface area (Å²) in [4.78, 5) is 8.79. The molecule has 0 radical (unpaired) electrons. The molecule has 1 atom stereocenters. The van der Waals surface area contributed by atoms with Gasteiger partial charge in [0.25, 0.3) is 0 Å². The number of rotatable bonds is 4. The third-order valence-electron chi connectivity index (χ3n) is 3.20. The van der Waals surface area contributed by atoms with Crippen molar-refractivity contribution in [2.24, 2.45) is 9.98 Å². The Balaban J connectivity index is 1.88. The van der Waals surface area contributed by atoms with Crippen molar-refractivity contribution in [3.63, 3.8) is 0 Å². The van der Waals surface area contributed by atoms with Gasteiger partial charge < -0.3 is 14.8 Å². The molecule has 3 rings (SSSR count). The van der Waals surface area contributed by atoms with Crippen LogP contribution in [0.1, 0.15) is 6.92 Å². The molecule has 0 saturated heterocycles. The Bertz CT molecular complexity index is 741. The Morgan fingerprint density at radius 2 is 1.61 bits per heavy atom. The van der Waals surface area contributed by atoms with E-state index in [0.29, 0.717) is 23.1 Å². The van der Waals surface area contributed by atoms with E-state index in [1.807, 2.05) is 67.6 Å². The monoisotopic (exact) mass is 307 g/mol. The van der Waals surface area contributed by atoms with Crippen LogP contribution < -0.4 is 14.8 Å². The smallest absolute Gasteiger partial charge is 0.327 e. The van der Waals surface area contributed by atoms with Crippen LogP contribution in [-0.4, -0.2) is 18.2 Å². The summed E-state index contributed by atoms with van der Waals surface area (Å²) in [5.74, 6) is 0.0817. The number of hydrogen-bond acceptors (Lipinski definition) is 5. The van der Waals surface area contributed by atoms with Crippen molar-refractivity contribution in [2.75, 3.05) is 0 Å². The summed E-state index contributed by atoms with van der Waals surface area (Å²) in [5, 5.41) is 2.88. The number of para-hydroxylation sites is 2. The fourth-order valence-electron chi connectivity index (χ4n) is 2.02. The van der Waals surface area contributed by atoms with E-state index in [-0.39, 0.29) is 0 Å². The van der Waals surface area contributed by atoms with Crippen molar-refractivity contribution < 1.29 is 9.47 Å². The minimum atomic E-state index is -1.24. The molecule has 0 saturated carbocycles. The highest BCUT2D eigenvalue weighted by atomic mass is 16.5. The molecule has 0 aromatic heterocycles. The van der Waals surface area contributed by atoms with Crippen molar-refractivity contribution in [1.82, 2.24) is 5.32 Å². The van der Waals surface area contributed by atoms with Crippen molar-refractivity contribution >= 4 is 12.4 Å². The van der Waals surface area contributed by atoms with Gasteiger partial charge in [-0.25, -0.2) is 4.99 Å². The maximum absolute atomic E-state index is 5.97. The number of amidine groups is 1. The van der Waals surface area contributed by atoms with E-state index in [4.69, 9.17) is 9.47 Å². The second-order valence-electron chi connectivity index (χ2n) is 5.04. The molecule has 1 aliphatic heterocycles. The molecule has 23 heavy (non-hydrogen) atoms.